The third-order valence-electron chi connectivity index (χ3n) is 7.40. The van der Waals surface area contributed by atoms with Gasteiger partial charge in [-0.3, -0.25) is 4.79 Å². The quantitative estimate of drug-likeness (QED) is 0.0334. The zero-order chi connectivity index (χ0) is 40.7. The number of halogens is 2. The van der Waals surface area contributed by atoms with Crippen molar-refractivity contribution in [3.05, 3.63) is 70.3 Å². The summed E-state index contributed by atoms with van der Waals surface area (Å²) in [4.78, 5) is 12.0. The van der Waals surface area contributed by atoms with Crippen LogP contribution in [0.5, 0.6) is 5.75 Å². The Morgan fingerprint density at radius 1 is 0.931 bits per heavy atom. The molecule has 0 radical (unpaired) electrons. The number of unbranched alkanes of at least 4 members (excludes halogenated alkanes) is 1. The molecule has 2 N–H and O–H groups in total. The van der Waals surface area contributed by atoms with Crippen molar-refractivity contribution in [2.45, 2.75) is 36.5 Å². The van der Waals surface area contributed by atoms with Gasteiger partial charge in [-0.05, 0) is 68.3 Å². The van der Waals surface area contributed by atoms with Gasteiger partial charge in [-0.1, -0.05) is 23.2 Å². The number of nitrogens with one attached hydrogen (secondary N) is 2. The van der Waals surface area contributed by atoms with Crippen LogP contribution in [0, 0.1) is 11.3 Å². The van der Waals surface area contributed by atoms with Crippen molar-refractivity contribution in [3.8, 4) is 17.5 Å². The Bertz CT molecular complexity index is 2450. The van der Waals surface area contributed by atoms with Crippen molar-refractivity contribution in [3.63, 3.8) is 0 Å². The molecule has 0 atom stereocenters. The Kier molecular flexibility index (Phi) is 24.0. The average Bonchev–Trinajstić information content (AvgIpc) is 3.48. The zero-order valence-corrected chi connectivity index (χ0v) is 44.9. The Hall–Kier alpha value is 0.0491. The van der Waals surface area contributed by atoms with Crippen molar-refractivity contribution >= 4 is 88.0 Å². The van der Waals surface area contributed by atoms with Crippen LogP contribution in [0.2, 0.25) is 10.0 Å². The SMILES string of the molecule is CCN(CCCCS(=O)(=O)[O-])c1ccc(N=Nc2c(C#N)cnn2-c2c(Cl)cc(NCOc3cc(S(=O)(=O)[O-])cc(S(=O)(=O)[O-])c3)cc2Cl)c(NC(C)=O)c1.[K+].[K+].[K+]. The van der Waals surface area contributed by atoms with Crippen molar-refractivity contribution < 1.29 is 203 Å². The summed E-state index contributed by atoms with van der Waals surface area (Å²) in [6, 6.07) is 11.5. The monoisotopic (exact) mass is 972 g/mol. The van der Waals surface area contributed by atoms with E-state index in [1.54, 1.807) is 18.2 Å². The molecule has 0 saturated heterocycles. The summed E-state index contributed by atoms with van der Waals surface area (Å²) in [6.07, 6.45) is 1.80. The average molecular weight is 974 g/mol. The molecule has 3 aromatic carbocycles. The van der Waals surface area contributed by atoms with E-state index in [1.807, 2.05) is 17.9 Å². The van der Waals surface area contributed by atoms with Gasteiger partial charge in [0.05, 0.1) is 41.8 Å². The minimum absolute atomic E-state index is 0. The van der Waals surface area contributed by atoms with Gasteiger partial charge in [-0.2, -0.15) is 10.4 Å². The molecule has 0 fully saturated rings. The Morgan fingerprint density at radius 2 is 1.53 bits per heavy atom. The first kappa shape index (κ1) is 56.1. The number of ether oxygens (including phenoxy) is 1. The van der Waals surface area contributed by atoms with Gasteiger partial charge in [0.1, 0.15) is 49.0 Å². The van der Waals surface area contributed by atoms with Gasteiger partial charge in [-0.25, -0.2) is 29.9 Å². The maximum Gasteiger partial charge on any atom is 1.00 e. The number of carbonyl (C=O) groups excluding carboxylic acids is 1. The number of nitriles is 1. The summed E-state index contributed by atoms with van der Waals surface area (Å²) in [5.41, 5.74) is 1.40. The normalized spacial score (nSPS) is 11.4. The summed E-state index contributed by atoms with van der Waals surface area (Å²) in [5, 5.41) is 27.9. The third-order valence-corrected chi connectivity index (χ3v) is 10.4. The van der Waals surface area contributed by atoms with E-state index in [4.69, 9.17) is 27.9 Å². The Labute approximate surface area is 472 Å². The maximum atomic E-state index is 12.1. The number of hydrogen-bond donors (Lipinski definition) is 2. The van der Waals surface area contributed by atoms with Crippen LogP contribution in [-0.4, -0.2) is 80.2 Å². The first-order chi connectivity index (χ1) is 25.7. The number of benzene rings is 3. The second-order valence-electron chi connectivity index (χ2n) is 11.3. The molecule has 1 heterocycles. The number of azo groups is 1. The van der Waals surface area contributed by atoms with Crippen LogP contribution in [0.1, 0.15) is 32.3 Å². The van der Waals surface area contributed by atoms with E-state index in [2.05, 4.69) is 26.0 Å². The van der Waals surface area contributed by atoms with Gasteiger partial charge in [0.2, 0.25) is 5.91 Å². The molecule has 0 saturated carbocycles. The molecule has 4 aromatic rings. The van der Waals surface area contributed by atoms with E-state index < -0.39 is 64.3 Å². The number of nitrogens with zero attached hydrogens (tertiary/aromatic N) is 6. The Morgan fingerprint density at radius 3 is 2.05 bits per heavy atom. The summed E-state index contributed by atoms with van der Waals surface area (Å²) in [6.45, 7) is 3.67. The number of amides is 1. The summed E-state index contributed by atoms with van der Waals surface area (Å²) in [7, 11) is -14.6. The minimum atomic E-state index is -5.14. The molecule has 294 valence electrons. The number of aromatic nitrogens is 2. The van der Waals surface area contributed by atoms with Gasteiger partial charge in [0, 0.05) is 37.1 Å². The molecule has 0 aliphatic heterocycles. The zero-order valence-electron chi connectivity index (χ0n) is 31.6. The fourth-order valence-corrected chi connectivity index (χ4v) is 7.26. The van der Waals surface area contributed by atoms with Crippen LogP contribution >= 0.6 is 23.2 Å². The molecule has 0 aliphatic rings. The van der Waals surface area contributed by atoms with Crippen LogP contribution in [0.15, 0.2) is 74.7 Å². The molecule has 1 aromatic heterocycles. The number of anilines is 3. The Balaban J connectivity index is 0.00000561. The fraction of sp³-hybridized carbons (Fsp3) is 0.258. The number of hydrogen-bond acceptors (Lipinski definition) is 17. The van der Waals surface area contributed by atoms with E-state index in [-0.39, 0.29) is 205 Å². The molecule has 0 spiro atoms. The van der Waals surface area contributed by atoms with Crippen LogP contribution in [0.25, 0.3) is 5.69 Å². The van der Waals surface area contributed by atoms with E-state index in [9.17, 15) is 49.0 Å². The molecule has 0 unspecified atom stereocenters. The van der Waals surface area contributed by atoms with Crippen LogP contribution in [0.4, 0.5) is 28.6 Å². The largest absolute Gasteiger partial charge is 1.00 e. The van der Waals surface area contributed by atoms with E-state index in [0.29, 0.717) is 31.3 Å². The van der Waals surface area contributed by atoms with E-state index in [1.165, 1.54) is 25.3 Å². The molecule has 27 heteroatoms. The fourth-order valence-electron chi connectivity index (χ4n) is 4.92. The summed E-state index contributed by atoms with van der Waals surface area (Å²) in [5.74, 6) is -1.40. The molecular weight excluding hydrogens is 945 g/mol. The van der Waals surface area contributed by atoms with Gasteiger partial charge < -0.3 is 33.9 Å². The van der Waals surface area contributed by atoms with Crippen molar-refractivity contribution in [1.82, 2.24) is 9.78 Å². The number of rotatable bonds is 17. The molecule has 4 rings (SSSR count). The predicted octanol–water partition coefficient (Wildman–Crippen LogP) is -4.16. The maximum absolute atomic E-state index is 12.1. The van der Waals surface area contributed by atoms with Gasteiger partial charge in [0.15, 0.2) is 12.5 Å². The number of carbonyl (C=O) groups is 1. The second kappa shape index (κ2) is 24.8. The van der Waals surface area contributed by atoms with Crippen molar-refractivity contribution in [2.24, 2.45) is 10.2 Å². The predicted molar refractivity (Wildman–Crippen MR) is 196 cm³/mol. The molecule has 19 nitrogen and oxygen atoms in total. The third kappa shape index (κ3) is 16.6. The van der Waals surface area contributed by atoms with Crippen LogP contribution in [0.3, 0.4) is 0 Å². The van der Waals surface area contributed by atoms with Crippen molar-refractivity contribution in [1.29, 1.82) is 5.26 Å². The van der Waals surface area contributed by atoms with Gasteiger partial charge in [0.25, 0.3) is 0 Å². The minimum Gasteiger partial charge on any atom is -0.748 e. The standard InChI is InChI=1S/C31H32Cl2N8O11S3.3K/c1-3-40(8-4-5-9-53(43,44)45)22-6-7-28(29(12-22)37-19(2)42)38-39-31-20(16-34)17-36-41(31)30-26(32)10-21(11-27(30)33)35-18-52-23-13-24(54(46,47)48)15-25(14-23)55(49,50)51;;;/h6-7,10-15,17,35H,3-5,8-9,18H2,1-2H3,(H,37,42)(H,43,44,45)(H,46,47,48)(H,49,50,51);;;/q;3*+1/p-3. The van der Waals surface area contributed by atoms with Gasteiger partial charge in [-0.15, -0.1) is 10.2 Å². The second-order valence-corrected chi connectivity index (χ2v) is 16.4. The van der Waals surface area contributed by atoms with Crippen LogP contribution in [-0.2, 0) is 35.1 Å². The summed E-state index contributed by atoms with van der Waals surface area (Å²) >= 11 is 13.2. The van der Waals surface area contributed by atoms with E-state index in [0.717, 1.165) is 16.8 Å². The van der Waals surface area contributed by atoms with E-state index >= 15 is 0 Å². The first-order valence-corrected chi connectivity index (χ1v) is 20.8. The van der Waals surface area contributed by atoms with Gasteiger partial charge >= 0.3 is 154 Å². The van der Waals surface area contributed by atoms with Crippen LogP contribution < -0.4 is 174 Å². The molecule has 0 bridgehead atoms. The summed E-state index contributed by atoms with van der Waals surface area (Å²) < 4.78 is 108. The van der Waals surface area contributed by atoms with Crippen molar-refractivity contribution in [2.75, 3.05) is 41.1 Å². The first-order valence-electron chi connectivity index (χ1n) is 15.6. The topological polar surface area (TPSA) is 292 Å². The molecule has 0 aliphatic carbocycles. The smallest absolute Gasteiger partial charge is 0.748 e. The molecular formula is C31H29Cl2K3N8O11S3. The molecule has 58 heavy (non-hydrogen) atoms. The molecule has 1 amide bonds.